The third-order valence-electron chi connectivity index (χ3n) is 2.43. The van der Waals surface area contributed by atoms with E-state index in [1.807, 2.05) is 6.20 Å². The lowest BCUT2D eigenvalue weighted by atomic mass is 9.97. The van der Waals surface area contributed by atoms with Crippen molar-refractivity contribution >= 4 is 0 Å². The Morgan fingerprint density at radius 2 is 2.17 bits per heavy atom. The summed E-state index contributed by atoms with van der Waals surface area (Å²) in [5, 5.41) is 0. The molecular formula is C10H14N2. The molecule has 1 aliphatic carbocycles. The Morgan fingerprint density at radius 1 is 1.33 bits per heavy atom. The van der Waals surface area contributed by atoms with Crippen molar-refractivity contribution in [2.75, 3.05) is 0 Å². The van der Waals surface area contributed by atoms with E-state index in [0.29, 0.717) is 0 Å². The fourth-order valence-electron chi connectivity index (χ4n) is 1.69. The number of fused-ring (bicyclic) bond motifs is 1. The molecule has 2 heteroatoms. The summed E-state index contributed by atoms with van der Waals surface area (Å²) in [6.45, 7) is 2.10. The molecular weight excluding hydrogens is 148 g/mol. The van der Waals surface area contributed by atoms with Crippen LogP contribution in [0.15, 0.2) is 6.20 Å². The first-order valence-corrected chi connectivity index (χ1v) is 4.74. The van der Waals surface area contributed by atoms with Gasteiger partial charge in [-0.2, -0.15) is 0 Å². The van der Waals surface area contributed by atoms with Crippen LogP contribution in [-0.2, 0) is 19.3 Å². The summed E-state index contributed by atoms with van der Waals surface area (Å²) in [7, 11) is 0. The van der Waals surface area contributed by atoms with Gasteiger partial charge in [0.05, 0.1) is 0 Å². The summed E-state index contributed by atoms with van der Waals surface area (Å²) in [5.74, 6) is 0.996. The van der Waals surface area contributed by atoms with Gasteiger partial charge in [0.2, 0.25) is 0 Å². The zero-order valence-corrected chi connectivity index (χ0v) is 7.51. The zero-order chi connectivity index (χ0) is 8.39. The summed E-state index contributed by atoms with van der Waals surface area (Å²) in [5.41, 5.74) is 2.67. The van der Waals surface area contributed by atoms with Crippen molar-refractivity contribution < 1.29 is 0 Å². The summed E-state index contributed by atoms with van der Waals surface area (Å²) in [6.07, 6.45) is 7.91. The normalized spacial score (nSPS) is 15.8. The molecule has 1 aromatic rings. The fraction of sp³-hybridized carbons (Fsp3) is 0.600. The zero-order valence-electron chi connectivity index (χ0n) is 7.51. The van der Waals surface area contributed by atoms with Gasteiger partial charge in [0.25, 0.3) is 0 Å². The Kier molecular flexibility index (Phi) is 2.07. The van der Waals surface area contributed by atoms with Gasteiger partial charge >= 0.3 is 0 Å². The Hall–Kier alpha value is -0.920. The molecule has 0 N–H and O–H groups in total. The van der Waals surface area contributed by atoms with Crippen LogP contribution in [0.1, 0.15) is 36.8 Å². The third kappa shape index (κ3) is 1.33. The number of aromatic nitrogens is 2. The predicted octanol–water partition coefficient (Wildman–Crippen LogP) is 1.92. The van der Waals surface area contributed by atoms with Crippen molar-refractivity contribution in [2.45, 2.75) is 39.0 Å². The van der Waals surface area contributed by atoms with Crippen molar-refractivity contribution in [3.8, 4) is 0 Å². The number of aryl methyl sites for hydroxylation is 3. The SMILES string of the molecule is CCc1ncc2c(n1)CCCC2. The molecule has 0 saturated carbocycles. The second kappa shape index (κ2) is 3.21. The molecule has 0 aromatic carbocycles. The molecule has 0 atom stereocenters. The highest BCUT2D eigenvalue weighted by Crippen LogP contribution is 2.18. The number of nitrogens with zero attached hydrogens (tertiary/aromatic N) is 2. The van der Waals surface area contributed by atoms with E-state index in [1.165, 1.54) is 30.5 Å². The van der Waals surface area contributed by atoms with E-state index < -0.39 is 0 Å². The minimum atomic E-state index is 0.952. The molecule has 0 saturated heterocycles. The van der Waals surface area contributed by atoms with Crippen LogP contribution in [0.4, 0.5) is 0 Å². The van der Waals surface area contributed by atoms with Crippen molar-refractivity contribution in [3.05, 3.63) is 23.3 Å². The van der Waals surface area contributed by atoms with Crippen LogP contribution in [0.2, 0.25) is 0 Å². The van der Waals surface area contributed by atoms with Gasteiger partial charge in [0.15, 0.2) is 0 Å². The highest BCUT2D eigenvalue weighted by atomic mass is 14.9. The van der Waals surface area contributed by atoms with E-state index in [-0.39, 0.29) is 0 Å². The monoisotopic (exact) mass is 162 g/mol. The minimum absolute atomic E-state index is 0.952. The average molecular weight is 162 g/mol. The second-order valence-electron chi connectivity index (χ2n) is 3.32. The molecule has 0 radical (unpaired) electrons. The summed E-state index contributed by atoms with van der Waals surface area (Å²) >= 11 is 0. The summed E-state index contributed by atoms with van der Waals surface area (Å²) in [4.78, 5) is 8.82. The van der Waals surface area contributed by atoms with Gasteiger partial charge in [-0.1, -0.05) is 6.92 Å². The van der Waals surface area contributed by atoms with Gasteiger partial charge in [-0.25, -0.2) is 9.97 Å². The molecule has 1 heterocycles. The lowest BCUT2D eigenvalue weighted by molar-refractivity contribution is 0.654. The summed E-state index contributed by atoms with van der Waals surface area (Å²) in [6, 6.07) is 0. The van der Waals surface area contributed by atoms with Crippen LogP contribution in [0.5, 0.6) is 0 Å². The molecule has 2 rings (SSSR count). The maximum absolute atomic E-state index is 4.52. The van der Waals surface area contributed by atoms with Crippen LogP contribution in [0.3, 0.4) is 0 Å². The van der Waals surface area contributed by atoms with Gasteiger partial charge in [-0.15, -0.1) is 0 Å². The molecule has 0 aliphatic heterocycles. The number of hydrogen-bond acceptors (Lipinski definition) is 2. The molecule has 0 fully saturated rings. The van der Waals surface area contributed by atoms with E-state index in [2.05, 4.69) is 16.9 Å². The third-order valence-corrected chi connectivity index (χ3v) is 2.43. The van der Waals surface area contributed by atoms with Crippen LogP contribution < -0.4 is 0 Å². The van der Waals surface area contributed by atoms with Crippen LogP contribution in [0.25, 0.3) is 0 Å². The first-order valence-electron chi connectivity index (χ1n) is 4.74. The van der Waals surface area contributed by atoms with E-state index in [4.69, 9.17) is 0 Å². The van der Waals surface area contributed by atoms with Gasteiger partial charge in [0.1, 0.15) is 5.82 Å². The minimum Gasteiger partial charge on any atom is -0.241 e. The first kappa shape index (κ1) is 7.71. The van der Waals surface area contributed by atoms with Gasteiger partial charge in [-0.3, -0.25) is 0 Å². The topological polar surface area (TPSA) is 25.8 Å². The van der Waals surface area contributed by atoms with Gasteiger partial charge in [-0.05, 0) is 31.2 Å². The quantitative estimate of drug-likeness (QED) is 0.630. The van der Waals surface area contributed by atoms with Crippen LogP contribution in [0, 0.1) is 0 Å². The molecule has 0 bridgehead atoms. The molecule has 1 aromatic heterocycles. The van der Waals surface area contributed by atoms with Crippen molar-refractivity contribution in [2.24, 2.45) is 0 Å². The molecule has 1 aliphatic rings. The largest absolute Gasteiger partial charge is 0.241 e. The Balaban J connectivity index is 2.36. The van der Waals surface area contributed by atoms with E-state index >= 15 is 0 Å². The Morgan fingerprint density at radius 3 is 3.00 bits per heavy atom. The number of rotatable bonds is 1. The van der Waals surface area contributed by atoms with Crippen molar-refractivity contribution in [1.29, 1.82) is 0 Å². The fourth-order valence-corrected chi connectivity index (χ4v) is 1.69. The van der Waals surface area contributed by atoms with Crippen LogP contribution >= 0.6 is 0 Å². The van der Waals surface area contributed by atoms with E-state index in [9.17, 15) is 0 Å². The lowest BCUT2D eigenvalue weighted by Gasteiger charge is -2.13. The second-order valence-corrected chi connectivity index (χ2v) is 3.32. The highest BCUT2D eigenvalue weighted by Gasteiger charge is 2.10. The molecule has 64 valence electrons. The standard InChI is InChI=1S/C10H14N2/c1-2-10-11-7-8-5-3-4-6-9(8)12-10/h7H,2-6H2,1H3. The van der Waals surface area contributed by atoms with E-state index in [1.54, 1.807) is 0 Å². The molecule has 0 amide bonds. The van der Waals surface area contributed by atoms with Crippen LogP contribution in [-0.4, -0.2) is 9.97 Å². The Bertz CT molecular complexity index is 281. The number of hydrogen-bond donors (Lipinski definition) is 0. The molecule has 0 unspecified atom stereocenters. The van der Waals surface area contributed by atoms with Crippen molar-refractivity contribution in [1.82, 2.24) is 9.97 Å². The highest BCUT2D eigenvalue weighted by molar-refractivity contribution is 5.20. The maximum atomic E-state index is 4.52. The molecule has 0 spiro atoms. The van der Waals surface area contributed by atoms with Gasteiger partial charge < -0.3 is 0 Å². The van der Waals surface area contributed by atoms with E-state index in [0.717, 1.165) is 18.7 Å². The predicted molar refractivity (Wildman–Crippen MR) is 48.1 cm³/mol. The summed E-state index contributed by atoms with van der Waals surface area (Å²) < 4.78 is 0. The smallest absolute Gasteiger partial charge is 0.128 e. The lowest BCUT2D eigenvalue weighted by Crippen LogP contribution is -2.08. The average Bonchev–Trinajstić information content (AvgIpc) is 2.17. The first-order chi connectivity index (χ1) is 5.90. The maximum Gasteiger partial charge on any atom is 0.128 e. The van der Waals surface area contributed by atoms with Crippen molar-refractivity contribution in [3.63, 3.8) is 0 Å². The Labute approximate surface area is 73.1 Å². The van der Waals surface area contributed by atoms with Gasteiger partial charge in [0, 0.05) is 18.3 Å². The molecule has 12 heavy (non-hydrogen) atoms. The molecule has 2 nitrogen and oxygen atoms in total.